The lowest BCUT2D eigenvalue weighted by Gasteiger charge is -2.23. The van der Waals surface area contributed by atoms with Gasteiger partial charge in [-0.25, -0.2) is 0 Å². The Hall–Kier alpha value is -0.380. The van der Waals surface area contributed by atoms with Crippen molar-refractivity contribution in [2.75, 3.05) is 6.61 Å². The molecule has 2 aliphatic heterocycles. The SMILES string of the molecule is CCC1OCCC1C(Br)c1ccc2c(c1)COC2. The van der Waals surface area contributed by atoms with Crippen molar-refractivity contribution < 1.29 is 9.47 Å². The summed E-state index contributed by atoms with van der Waals surface area (Å²) in [5, 5.41) is 0. The molecule has 2 heterocycles. The van der Waals surface area contributed by atoms with Crippen LogP contribution in [0.4, 0.5) is 0 Å². The first-order valence-electron chi connectivity index (χ1n) is 6.74. The minimum Gasteiger partial charge on any atom is -0.378 e. The molecule has 1 fully saturated rings. The van der Waals surface area contributed by atoms with Crippen molar-refractivity contribution in [1.82, 2.24) is 0 Å². The predicted molar refractivity (Wildman–Crippen MR) is 74.7 cm³/mol. The highest BCUT2D eigenvalue weighted by atomic mass is 79.9. The molecule has 3 atom stereocenters. The van der Waals surface area contributed by atoms with E-state index in [0.717, 1.165) is 32.7 Å². The molecule has 0 N–H and O–H groups in total. The molecule has 98 valence electrons. The molecule has 3 heteroatoms. The first kappa shape index (κ1) is 12.6. The number of ether oxygens (including phenoxy) is 2. The molecule has 0 aliphatic carbocycles. The smallest absolute Gasteiger partial charge is 0.0725 e. The zero-order chi connectivity index (χ0) is 12.5. The fraction of sp³-hybridized carbons (Fsp3) is 0.600. The lowest BCUT2D eigenvalue weighted by Crippen LogP contribution is -2.19. The van der Waals surface area contributed by atoms with E-state index in [9.17, 15) is 0 Å². The molecule has 18 heavy (non-hydrogen) atoms. The van der Waals surface area contributed by atoms with Crippen LogP contribution in [-0.4, -0.2) is 12.7 Å². The third-order valence-electron chi connectivity index (χ3n) is 4.10. The second kappa shape index (κ2) is 5.32. The fourth-order valence-corrected chi connectivity index (χ4v) is 3.92. The van der Waals surface area contributed by atoms with Crippen molar-refractivity contribution in [1.29, 1.82) is 0 Å². The maximum atomic E-state index is 5.80. The standard InChI is InChI=1S/C15H19BrO2/c1-2-14-13(5-6-18-14)15(16)10-3-4-11-8-17-9-12(11)7-10/h3-4,7,13-15H,2,5-6,8-9H2,1H3. The Morgan fingerprint density at radius 3 is 3.00 bits per heavy atom. The average Bonchev–Trinajstić information content (AvgIpc) is 3.05. The summed E-state index contributed by atoms with van der Waals surface area (Å²) < 4.78 is 11.3. The van der Waals surface area contributed by atoms with Gasteiger partial charge in [0, 0.05) is 17.4 Å². The first-order chi connectivity index (χ1) is 8.79. The minimum atomic E-state index is 0.399. The van der Waals surface area contributed by atoms with Crippen molar-refractivity contribution >= 4 is 15.9 Å². The van der Waals surface area contributed by atoms with Crippen LogP contribution >= 0.6 is 15.9 Å². The van der Waals surface area contributed by atoms with E-state index in [1.165, 1.54) is 16.7 Å². The van der Waals surface area contributed by atoms with Crippen LogP contribution in [0.1, 0.15) is 41.3 Å². The van der Waals surface area contributed by atoms with Crippen LogP contribution in [0.5, 0.6) is 0 Å². The quantitative estimate of drug-likeness (QED) is 0.787. The van der Waals surface area contributed by atoms with Gasteiger partial charge in [-0.05, 0) is 29.5 Å². The summed E-state index contributed by atoms with van der Waals surface area (Å²) in [6.07, 6.45) is 2.65. The third-order valence-corrected chi connectivity index (χ3v) is 5.31. The van der Waals surface area contributed by atoms with Crippen LogP contribution in [0, 0.1) is 5.92 Å². The summed E-state index contributed by atoms with van der Waals surface area (Å²) >= 11 is 3.88. The molecule has 2 nitrogen and oxygen atoms in total. The van der Waals surface area contributed by atoms with E-state index in [1.54, 1.807) is 0 Å². The summed E-state index contributed by atoms with van der Waals surface area (Å²) in [5.74, 6) is 0.593. The maximum Gasteiger partial charge on any atom is 0.0725 e. The highest BCUT2D eigenvalue weighted by Gasteiger charge is 2.33. The summed E-state index contributed by atoms with van der Waals surface area (Å²) in [7, 11) is 0. The van der Waals surface area contributed by atoms with Crippen molar-refractivity contribution in [2.45, 2.75) is 43.9 Å². The van der Waals surface area contributed by atoms with Crippen LogP contribution in [0.25, 0.3) is 0 Å². The lowest BCUT2D eigenvalue weighted by atomic mass is 9.90. The molecule has 3 rings (SSSR count). The predicted octanol–water partition coefficient (Wildman–Crippen LogP) is 3.97. The van der Waals surface area contributed by atoms with E-state index in [-0.39, 0.29) is 0 Å². The van der Waals surface area contributed by atoms with E-state index >= 15 is 0 Å². The van der Waals surface area contributed by atoms with Crippen molar-refractivity contribution in [3.05, 3.63) is 34.9 Å². The molecule has 0 amide bonds. The highest BCUT2D eigenvalue weighted by Crippen LogP contribution is 2.41. The molecule has 1 aromatic carbocycles. The van der Waals surface area contributed by atoms with Crippen molar-refractivity contribution in [3.63, 3.8) is 0 Å². The summed E-state index contributed by atoms with van der Waals surface area (Å²) in [6, 6.07) is 6.74. The second-order valence-corrected chi connectivity index (χ2v) is 6.18. The Morgan fingerprint density at radius 2 is 2.17 bits per heavy atom. The molecular weight excluding hydrogens is 292 g/mol. The molecule has 0 aromatic heterocycles. The Morgan fingerprint density at radius 1 is 1.33 bits per heavy atom. The van der Waals surface area contributed by atoms with Gasteiger partial charge in [0.2, 0.25) is 0 Å². The minimum absolute atomic E-state index is 0.399. The summed E-state index contributed by atoms with van der Waals surface area (Å²) in [5.41, 5.74) is 4.06. The molecule has 2 aliphatic rings. The van der Waals surface area contributed by atoms with E-state index in [4.69, 9.17) is 9.47 Å². The zero-order valence-electron chi connectivity index (χ0n) is 10.7. The number of benzene rings is 1. The summed E-state index contributed by atoms with van der Waals surface area (Å²) in [6.45, 7) is 4.65. The Bertz CT molecular complexity index is 433. The van der Waals surface area contributed by atoms with Crippen molar-refractivity contribution in [3.8, 4) is 0 Å². The third kappa shape index (κ3) is 2.24. The normalized spacial score (nSPS) is 28.3. The van der Waals surface area contributed by atoms with Crippen LogP contribution in [-0.2, 0) is 22.7 Å². The van der Waals surface area contributed by atoms with Gasteiger partial charge in [0.05, 0.1) is 19.3 Å². The van der Waals surface area contributed by atoms with Gasteiger partial charge in [0.1, 0.15) is 0 Å². The zero-order valence-corrected chi connectivity index (χ0v) is 12.3. The summed E-state index contributed by atoms with van der Waals surface area (Å²) in [4.78, 5) is 0.399. The molecule has 1 saturated heterocycles. The van der Waals surface area contributed by atoms with Crippen LogP contribution in [0.3, 0.4) is 0 Å². The maximum absolute atomic E-state index is 5.80. The van der Waals surface area contributed by atoms with Gasteiger partial charge in [0.25, 0.3) is 0 Å². The lowest BCUT2D eigenvalue weighted by molar-refractivity contribution is 0.0873. The average molecular weight is 311 g/mol. The number of hydrogen-bond acceptors (Lipinski definition) is 2. The molecule has 0 saturated carbocycles. The van der Waals surface area contributed by atoms with Gasteiger partial charge in [-0.3, -0.25) is 0 Å². The number of fused-ring (bicyclic) bond motifs is 1. The first-order valence-corrected chi connectivity index (χ1v) is 7.66. The molecule has 3 unspecified atom stereocenters. The fourth-order valence-electron chi connectivity index (χ4n) is 3.03. The van der Waals surface area contributed by atoms with Crippen LogP contribution in [0.15, 0.2) is 18.2 Å². The van der Waals surface area contributed by atoms with E-state index in [2.05, 4.69) is 41.1 Å². The van der Waals surface area contributed by atoms with Gasteiger partial charge >= 0.3 is 0 Å². The molecule has 0 bridgehead atoms. The van der Waals surface area contributed by atoms with E-state index in [1.807, 2.05) is 0 Å². The highest BCUT2D eigenvalue weighted by molar-refractivity contribution is 9.09. The topological polar surface area (TPSA) is 18.5 Å². The molecular formula is C15H19BrO2. The molecule has 0 radical (unpaired) electrons. The number of alkyl halides is 1. The number of halogens is 1. The molecule has 0 spiro atoms. The molecule has 1 aromatic rings. The van der Waals surface area contributed by atoms with Crippen LogP contribution < -0.4 is 0 Å². The van der Waals surface area contributed by atoms with Gasteiger partial charge in [0.15, 0.2) is 0 Å². The van der Waals surface area contributed by atoms with E-state index in [0.29, 0.717) is 16.8 Å². The van der Waals surface area contributed by atoms with Gasteiger partial charge in [-0.1, -0.05) is 41.1 Å². The Balaban J connectivity index is 1.81. The Labute approximate surface area is 117 Å². The van der Waals surface area contributed by atoms with Gasteiger partial charge in [-0.2, -0.15) is 0 Å². The number of hydrogen-bond donors (Lipinski definition) is 0. The van der Waals surface area contributed by atoms with Crippen LogP contribution in [0.2, 0.25) is 0 Å². The van der Waals surface area contributed by atoms with Gasteiger partial charge < -0.3 is 9.47 Å². The largest absolute Gasteiger partial charge is 0.378 e. The monoisotopic (exact) mass is 310 g/mol. The number of rotatable bonds is 3. The Kier molecular flexibility index (Phi) is 3.73. The van der Waals surface area contributed by atoms with Gasteiger partial charge in [-0.15, -0.1) is 0 Å². The van der Waals surface area contributed by atoms with E-state index < -0.39 is 0 Å². The second-order valence-electron chi connectivity index (χ2n) is 5.19. The van der Waals surface area contributed by atoms with Crippen molar-refractivity contribution in [2.24, 2.45) is 5.92 Å².